The highest BCUT2D eigenvalue weighted by Gasteiger charge is 2.74. The maximum absolute atomic E-state index is 11.9. The largest absolute Gasteiger partial charge is 0.412 e. The van der Waals surface area contributed by atoms with Crippen molar-refractivity contribution >= 4 is 6.04 Å². The molecule has 0 heterocycles. The van der Waals surface area contributed by atoms with Crippen molar-refractivity contribution in [1.29, 1.82) is 0 Å². The summed E-state index contributed by atoms with van der Waals surface area (Å²) in [6, 6.07) is -3.43. The van der Waals surface area contributed by atoms with E-state index in [1.54, 1.807) is 0 Å². The Morgan fingerprint density at radius 1 is 1.00 bits per heavy atom. The first kappa shape index (κ1) is 13.2. The molecule has 0 atom stereocenters. The van der Waals surface area contributed by atoms with E-state index in [1.807, 2.05) is 0 Å². The van der Waals surface area contributed by atoms with Crippen LogP contribution in [0.3, 0.4) is 0 Å². The monoisotopic (exact) mass is 226 g/mol. The van der Waals surface area contributed by atoms with Crippen LogP contribution in [0, 0.1) is 5.41 Å². The molecular weight excluding hydrogens is 221 g/mol. The van der Waals surface area contributed by atoms with E-state index < -0.39 is 30.2 Å². The minimum atomic E-state index is -5.98. The molecule has 84 valence electrons. The number of hydrogen-bond acceptors (Lipinski definition) is 1. The Kier molecular flexibility index (Phi) is 3.19. The predicted octanol–water partition coefficient (Wildman–Crippen LogP) is 3.00. The van der Waals surface area contributed by atoms with Gasteiger partial charge in [-0.2, -0.15) is 30.7 Å². The predicted molar refractivity (Wildman–Crippen MR) is 30.9 cm³/mol. The molecule has 0 bridgehead atoms. The SMILES string of the molecule is CCC(C(=O)F)(C(F)(F)F)C(F)(F)F. The first-order chi connectivity index (χ1) is 6.00. The van der Waals surface area contributed by atoms with Gasteiger partial charge in [-0.3, -0.25) is 4.79 Å². The number of carbonyl (C=O) groups excluding carboxylic acids is 1. The molecule has 0 aliphatic carbocycles. The van der Waals surface area contributed by atoms with Crippen LogP contribution in [0.15, 0.2) is 0 Å². The molecule has 0 rings (SSSR count). The zero-order valence-corrected chi connectivity index (χ0v) is 6.76. The van der Waals surface area contributed by atoms with E-state index in [0.717, 1.165) is 0 Å². The van der Waals surface area contributed by atoms with Crippen molar-refractivity contribution in [3.8, 4) is 0 Å². The van der Waals surface area contributed by atoms with Crippen LogP contribution >= 0.6 is 0 Å². The molecule has 0 unspecified atom stereocenters. The molecule has 0 radical (unpaired) electrons. The third-order valence-electron chi connectivity index (χ3n) is 1.83. The van der Waals surface area contributed by atoms with Gasteiger partial charge in [-0.1, -0.05) is 6.92 Å². The Labute approximate surface area is 73.9 Å². The van der Waals surface area contributed by atoms with E-state index >= 15 is 0 Å². The lowest BCUT2D eigenvalue weighted by atomic mass is 9.84. The first-order valence-electron chi connectivity index (χ1n) is 3.34. The normalized spacial score (nSPS) is 14.3. The van der Waals surface area contributed by atoms with Gasteiger partial charge in [0.05, 0.1) is 0 Å². The lowest BCUT2D eigenvalue weighted by Crippen LogP contribution is -2.54. The number of carbonyl (C=O) groups is 1. The molecule has 0 aromatic rings. The lowest BCUT2D eigenvalue weighted by Gasteiger charge is -2.31. The van der Waals surface area contributed by atoms with E-state index in [0.29, 0.717) is 6.92 Å². The second-order valence-electron chi connectivity index (χ2n) is 2.53. The average Bonchev–Trinajstić information content (AvgIpc) is 1.80. The van der Waals surface area contributed by atoms with Gasteiger partial charge in [0.15, 0.2) is 0 Å². The summed E-state index contributed by atoms with van der Waals surface area (Å²) < 4.78 is 83.6. The summed E-state index contributed by atoms with van der Waals surface area (Å²) in [5.41, 5.74) is -4.89. The molecule has 0 aliphatic heterocycles. The maximum Gasteiger partial charge on any atom is 0.412 e. The standard InChI is InChI=1S/C6H5F7O/c1-2-4(3(7)14,5(8,9)10)6(11,12)13/h2H2,1H3. The lowest BCUT2D eigenvalue weighted by molar-refractivity contribution is -0.329. The van der Waals surface area contributed by atoms with E-state index in [-0.39, 0.29) is 0 Å². The van der Waals surface area contributed by atoms with Gasteiger partial charge in [-0.25, -0.2) is 0 Å². The summed E-state index contributed by atoms with van der Waals surface area (Å²) in [7, 11) is 0. The van der Waals surface area contributed by atoms with Gasteiger partial charge in [-0.15, -0.1) is 0 Å². The van der Waals surface area contributed by atoms with Crippen LogP contribution in [0.2, 0.25) is 0 Å². The highest BCUT2D eigenvalue weighted by Crippen LogP contribution is 2.53. The van der Waals surface area contributed by atoms with Gasteiger partial charge in [0.2, 0.25) is 5.41 Å². The number of alkyl halides is 6. The van der Waals surface area contributed by atoms with Gasteiger partial charge >= 0.3 is 18.4 Å². The zero-order chi connectivity index (χ0) is 11.8. The molecule has 0 spiro atoms. The molecule has 0 fully saturated rings. The average molecular weight is 226 g/mol. The summed E-state index contributed by atoms with van der Waals surface area (Å²) in [6.45, 7) is 0.443. The summed E-state index contributed by atoms with van der Waals surface area (Å²) in [4.78, 5) is 9.88. The molecule has 0 saturated carbocycles. The van der Waals surface area contributed by atoms with Crippen LogP contribution in [0.5, 0.6) is 0 Å². The van der Waals surface area contributed by atoms with Crippen molar-refractivity contribution in [2.75, 3.05) is 0 Å². The van der Waals surface area contributed by atoms with Crippen LogP contribution in [0.1, 0.15) is 13.3 Å². The van der Waals surface area contributed by atoms with Crippen molar-refractivity contribution in [2.24, 2.45) is 5.41 Å². The van der Waals surface area contributed by atoms with Gasteiger partial charge in [-0.05, 0) is 6.42 Å². The van der Waals surface area contributed by atoms with E-state index in [4.69, 9.17) is 0 Å². The third kappa shape index (κ3) is 1.69. The number of hydrogen-bond donors (Lipinski definition) is 0. The molecule has 8 heteroatoms. The highest BCUT2D eigenvalue weighted by atomic mass is 19.4. The van der Waals surface area contributed by atoms with Crippen molar-refractivity contribution in [3.05, 3.63) is 0 Å². The summed E-state index contributed by atoms with van der Waals surface area (Å²) in [5.74, 6) is 0. The van der Waals surface area contributed by atoms with E-state index in [9.17, 15) is 35.5 Å². The quantitative estimate of drug-likeness (QED) is 0.522. The molecule has 0 amide bonds. The smallest absolute Gasteiger partial charge is 0.260 e. The van der Waals surface area contributed by atoms with Crippen LogP contribution < -0.4 is 0 Å². The van der Waals surface area contributed by atoms with Gasteiger partial charge < -0.3 is 0 Å². The Bertz CT molecular complexity index is 211. The van der Waals surface area contributed by atoms with Crippen LogP contribution in [-0.2, 0) is 4.79 Å². The van der Waals surface area contributed by atoms with Crippen LogP contribution in [0.4, 0.5) is 30.7 Å². The summed E-state index contributed by atoms with van der Waals surface area (Å²) in [6.07, 6.45) is -13.7. The third-order valence-corrected chi connectivity index (χ3v) is 1.83. The Morgan fingerprint density at radius 3 is 1.29 bits per heavy atom. The molecule has 0 saturated heterocycles. The zero-order valence-electron chi connectivity index (χ0n) is 6.76. The minimum absolute atomic E-state index is 0.443. The Hall–Kier alpha value is -0.820. The molecule has 14 heavy (non-hydrogen) atoms. The minimum Gasteiger partial charge on any atom is -0.260 e. The summed E-state index contributed by atoms with van der Waals surface area (Å²) in [5, 5.41) is 0. The van der Waals surface area contributed by atoms with Crippen LogP contribution in [-0.4, -0.2) is 18.4 Å². The molecule has 0 aliphatic rings. The first-order valence-corrected chi connectivity index (χ1v) is 3.34. The topological polar surface area (TPSA) is 17.1 Å². The van der Waals surface area contributed by atoms with Gasteiger partial charge in [0, 0.05) is 0 Å². The maximum atomic E-state index is 11.9. The van der Waals surface area contributed by atoms with Gasteiger partial charge in [0.1, 0.15) is 0 Å². The van der Waals surface area contributed by atoms with Crippen molar-refractivity contribution in [2.45, 2.75) is 25.7 Å². The number of halogens is 7. The fourth-order valence-electron chi connectivity index (χ4n) is 0.923. The van der Waals surface area contributed by atoms with Crippen molar-refractivity contribution < 1.29 is 35.5 Å². The molecule has 0 N–H and O–H groups in total. The molecule has 1 nitrogen and oxygen atoms in total. The summed E-state index contributed by atoms with van der Waals surface area (Å²) >= 11 is 0. The fraction of sp³-hybridized carbons (Fsp3) is 0.833. The van der Waals surface area contributed by atoms with Gasteiger partial charge in [0.25, 0.3) is 0 Å². The van der Waals surface area contributed by atoms with Crippen molar-refractivity contribution in [3.63, 3.8) is 0 Å². The molecule has 0 aromatic heterocycles. The molecule has 0 aromatic carbocycles. The van der Waals surface area contributed by atoms with E-state index in [1.165, 1.54) is 0 Å². The highest BCUT2D eigenvalue weighted by molar-refractivity contribution is 5.77. The second kappa shape index (κ2) is 3.39. The number of rotatable bonds is 2. The van der Waals surface area contributed by atoms with Crippen LogP contribution in [0.25, 0.3) is 0 Å². The molecular formula is C6H5F7O. The Balaban J connectivity index is 5.58. The second-order valence-corrected chi connectivity index (χ2v) is 2.53. The van der Waals surface area contributed by atoms with E-state index in [2.05, 4.69) is 0 Å². The fourth-order valence-corrected chi connectivity index (χ4v) is 0.923. The van der Waals surface area contributed by atoms with Crippen molar-refractivity contribution in [1.82, 2.24) is 0 Å². The Morgan fingerprint density at radius 2 is 1.29 bits per heavy atom.